The van der Waals surface area contributed by atoms with Gasteiger partial charge < -0.3 is 19.4 Å². The van der Waals surface area contributed by atoms with Crippen molar-refractivity contribution in [3.05, 3.63) is 76.3 Å². The number of halogens is 1. The standard InChI is InChI=1S/C20H20BrN3O3/c1-26-18-7-14(8-19(10-18)27-2)11-23-20(25)16-5-15(6-17(21)9-16)12-24-4-3-22-13-24/h3-10,13H,11-12H2,1-2H3,(H,23,25). The van der Waals surface area contributed by atoms with E-state index >= 15 is 0 Å². The maximum absolute atomic E-state index is 12.6. The molecule has 6 nitrogen and oxygen atoms in total. The van der Waals surface area contributed by atoms with Gasteiger partial charge in [-0.3, -0.25) is 4.79 Å². The van der Waals surface area contributed by atoms with Crippen molar-refractivity contribution in [2.45, 2.75) is 13.1 Å². The third kappa shape index (κ3) is 5.10. The first-order valence-electron chi connectivity index (χ1n) is 8.32. The van der Waals surface area contributed by atoms with Gasteiger partial charge in [0.2, 0.25) is 0 Å². The van der Waals surface area contributed by atoms with Gasteiger partial charge in [0, 0.05) is 41.6 Å². The fourth-order valence-corrected chi connectivity index (χ4v) is 3.26. The molecule has 3 aromatic rings. The molecule has 0 saturated heterocycles. The fraction of sp³-hybridized carbons (Fsp3) is 0.200. The largest absolute Gasteiger partial charge is 0.497 e. The van der Waals surface area contributed by atoms with Gasteiger partial charge in [-0.05, 0) is 41.5 Å². The number of rotatable bonds is 7. The smallest absolute Gasteiger partial charge is 0.251 e. The molecular weight excluding hydrogens is 410 g/mol. The van der Waals surface area contributed by atoms with Crippen LogP contribution in [0, 0.1) is 0 Å². The zero-order valence-electron chi connectivity index (χ0n) is 15.1. The number of methoxy groups -OCH3 is 2. The number of nitrogens with one attached hydrogen (secondary N) is 1. The highest BCUT2D eigenvalue weighted by molar-refractivity contribution is 9.10. The Kier molecular flexibility index (Phi) is 6.13. The summed E-state index contributed by atoms with van der Waals surface area (Å²) in [6.07, 6.45) is 5.36. The Labute approximate surface area is 166 Å². The molecule has 7 heteroatoms. The van der Waals surface area contributed by atoms with E-state index in [9.17, 15) is 4.79 Å². The van der Waals surface area contributed by atoms with E-state index in [1.54, 1.807) is 38.9 Å². The fourth-order valence-electron chi connectivity index (χ4n) is 2.72. The van der Waals surface area contributed by atoms with Crippen molar-refractivity contribution in [3.8, 4) is 11.5 Å². The molecule has 0 radical (unpaired) electrons. The normalized spacial score (nSPS) is 10.5. The van der Waals surface area contributed by atoms with Gasteiger partial charge in [-0.25, -0.2) is 4.98 Å². The lowest BCUT2D eigenvalue weighted by Crippen LogP contribution is -2.23. The highest BCUT2D eigenvalue weighted by atomic mass is 79.9. The Bertz CT molecular complexity index is 904. The van der Waals surface area contributed by atoms with Gasteiger partial charge in [0.05, 0.1) is 20.5 Å². The van der Waals surface area contributed by atoms with Crippen LogP contribution >= 0.6 is 15.9 Å². The van der Waals surface area contributed by atoms with Gasteiger partial charge >= 0.3 is 0 Å². The van der Waals surface area contributed by atoms with Crippen LogP contribution in [0.15, 0.2) is 59.6 Å². The number of aromatic nitrogens is 2. The Morgan fingerprint density at radius 2 is 1.81 bits per heavy atom. The average molecular weight is 430 g/mol. The lowest BCUT2D eigenvalue weighted by molar-refractivity contribution is 0.0950. The van der Waals surface area contributed by atoms with Crippen LogP contribution in [0.3, 0.4) is 0 Å². The number of amides is 1. The first kappa shape index (κ1) is 19.0. The predicted molar refractivity (Wildman–Crippen MR) is 106 cm³/mol. The summed E-state index contributed by atoms with van der Waals surface area (Å²) in [6, 6.07) is 11.2. The predicted octanol–water partition coefficient (Wildman–Crippen LogP) is 3.64. The van der Waals surface area contributed by atoms with Crippen LogP contribution in [0.1, 0.15) is 21.5 Å². The van der Waals surface area contributed by atoms with E-state index < -0.39 is 0 Å². The number of hydrogen-bond donors (Lipinski definition) is 1. The summed E-state index contributed by atoms with van der Waals surface area (Å²) in [5.41, 5.74) is 2.50. The molecule has 0 aliphatic carbocycles. The summed E-state index contributed by atoms with van der Waals surface area (Å²) in [4.78, 5) is 16.7. The Hall–Kier alpha value is -2.80. The van der Waals surface area contributed by atoms with Crippen LogP contribution in [-0.4, -0.2) is 29.7 Å². The third-order valence-electron chi connectivity index (χ3n) is 4.01. The second-order valence-electron chi connectivity index (χ2n) is 5.99. The van der Waals surface area contributed by atoms with Gasteiger partial charge in [-0.15, -0.1) is 0 Å². The van der Waals surface area contributed by atoms with Crippen LogP contribution in [0.25, 0.3) is 0 Å². The number of nitrogens with zero attached hydrogens (tertiary/aromatic N) is 2. The summed E-state index contributed by atoms with van der Waals surface area (Å²) in [5, 5.41) is 2.94. The SMILES string of the molecule is COc1cc(CNC(=O)c2cc(Br)cc(Cn3ccnc3)c2)cc(OC)c1. The summed E-state index contributed by atoms with van der Waals surface area (Å²) >= 11 is 3.48. The monoisotopic (exact) mass is 429 g/mol. The van der Waals surface area contributed by atoms with Gasteiger partial charge in [-0.1, -0.05) is 15.9 Å². The van der Waals surface area contributed by atoms with Crippen molar-refractivity contribution in [2.75, 3.05) is 14.2 Å². The second-order valence-corrected chi connectivity index (χ2v) is 6.90. The van der Waals surface area contributed by atoms with E-state index in [1.165, 1.54) is 0 Å². The minimum Gasteiger partial charge on any atom is -0.497 e. The van der Waals surface area contributed by atoms with Crippen LogP contribution in [0.2, 0.25) is 0 Å². The van der Waals surface area contributed by atoms with Gasteiger partial charge in [0.25, 0.3) is 5.91 Å². The summed E-state index contributed by atoms with van der Waals surface area (Å²) in [6.45, 7) is 1.02. The van der Waals surface area contributed by atoms with Crippen LogP contribution < -0.4 is 14.8 Å². The first-order valence-corrected chi connectivity index (χ1v) is 9.12. The van der Waals surface area contributed by atoms with E-state index in [1.807, 2.05) is 35.0 Å². The molecule has 1 aromatic heterocycles. The molecule has 0 atom stereocenters. The second kappa shape index (κ2) is 8.73. The third-order valence-corrected chi connectivity index (χ3v) is 4.47. The molecule has 1 N–H and O–H groups in total. The quantitative estimate of drug-likeness (QED) is 0.622. The van der Waals surface area contributed by atoms with Crippen molar-refractivity contribution < 1.29 is 14.3 Å². The number of ether oxygens (including phenoxy) is 2. The molecule has 0 fully saturated rings. The van der Waals surface area contributed by atoms with Crippen LogP contribution in [0.5, 0.6) is 11.5 Å². The van der Waals surface area contributed by atoms with Gasteiger partial charge in [-0.2, -0.15) is 0 Å². The zero-order chi connectivity index (χ0) is 19.2. The lowest BCUT2D eigenvalue weighted by atomic mass is 10.1. The molecule has 0 saturated carbocycles. The number of imidazole rings is 1. The Balaban J connectivity index is 1.72. The molecule has 3 rings (SSSR count). The molecule has 0 aliphatic heterocycles. The van der Waals surface area contributed by atoms with Gasteiger partial charge in [0.1, 0.15) is 11.5 Å². The molecule has 0 spiro atoms. The van der Waals surface area contributed by atoms with E-state index in [0.717, 1.165) is 15.6 Å². The molecular formula is C20H20BrN3O3. The number of carbonyl (C=O) groups excluding carboxylic acids is 1. The lowest BCUT2D eigenvalue weighted by Gasteiger charge is -2.11. The topological polar surface area (TPSA) is 65.4 Å². The van der Waals surface area contributed by atoms with Crippen molar-refractivity contribution in [1.29, 1.82) is 0 Å². The highest BCUT2D eigenvalue weighted by Crippen LogP contribution is 2.22. The minimum absolute atomic E-state index is 0.148. The molecule has 0 unspecified atom stereocenters. The van der Waals surface area contributed by atoms with E-state index in [2.05, 4.69) is 26.2 Å². The Morgan fingerprint density at radius 1 is 1.07 bits per heavy atom. The minimum atomic E-state index is -0.148. The zero-order valence-corrected chi connectivity index (χ0v) is 16.7. The van der Waals surface area contributed by atoms with Crippen molar-refractivity contribution in [3.63, 3.8) is 0 Å². The molecule has 0 aliphatic rings. The van der Waals surface area contributed by atoms with Crippen molar-refractivity contribution in [1.82, 2.24) is 14.9 Å². The van der Waals surface area contributed by atoms with Crippen molar-refractivity contribution in [2.24, 2.45) is 0 Å². The molecule has 1 amide bonds. The van der Waals surface area contributed by atoms with Crippen molar-refractivity contribution >= 4 is 21.8 Å². The number of hydrogen-bond acceptors (Lipinski definition) is 4. The Morgan fingerprint density at radius 3 is 2.44 bits per heavy atom. The van der Waals surface area contributed by atoms with E-state index in [0.29, 0.717) is 30.2 Å². The highest BCUT2D eigenvalue weighted by Gasteiger charge is 2.10. The van der Waals surface area contributed by atoms with E-state index in [-0.39, 0.29) is 5.91 Å². The average Bonchev–Trinajstić information content (AvgIpc) is 3.18. The number of benzene rings is 2. The van der Waals surface area contributed by atoms with Crippen LogP contribution in [0.4, 0.5) is 0 Å². The molecule has 140 valence electrons. The maximum atomic E-state index is 12.6. The van der Waals surface area contributed by atoms with E-state index in [4.69, 9.17) is 9.47 Å². The molecule has 2 aromatic carbocycles. The first-order chi connectivity index (χ1) is 13.1. The van der Waals surface area contributed by atoms with Crippen LogP contribution in [-0.2, 0) is 13.1 Å². The molecule has 27 heavy (non-hydrogen) atoms. The summed E-state index contributed by atoms with van der Waals surface area (Å²) in [5.74, 6) is 1.22. The summed E-state index contributed by atoms with van der Waals surface area (Å²) < 4.78 is 13.3. The summed E-state index contributed by atoms with van der Waals surface area (Å²) in [7, 11) is 3.20. The molecule has 0 bridgehead atoms. The molecule has 1 heterocycles. The number of carbonyl (C=O) groups is 1. The van der Waals surface area contributed by atoms with Gasteiger partial charge in [0.15, 0.2) is 0 Å². The maximum Gasteiger partial charge on any atom is 0.251 e.